The van der Waals surface area contributed by atoms with Crippen molar-refractivity contribution in [1.29, 1.82) is 0 Å². The summed E-state index contributed by atoms with van der Waals surface area (Å²) in [5, 5.41) is 37.0. The van der Waals surface area contributed by atoms with E-state index in [1.807, 2.05) is 0 Å². The van der Waals surface area contributed by atoms with Crippen LogP contribution in [0.4, 0.5) is 0 Å². The minimum absolute atomic E-state index is 0.230. The molecule has 5 atom stereocenters. The van der Waals surface area contributed by atoms with Crippen molar-refractivity contribution in [3.8, 4) is 0 Å². The lowest BCUT2D eigenvalue weighted by Crippen LogP contribution is -2.57. The van der Waals surface area contributed by atoms with Gasteiger partial charge in [0.15, 0.2) is 6.29 Å². The molecule has 1 saturated heterocycles. The van der Waals surface area contributed by atoms with Gasteiger partial charge in [-0.3, -0.25) is 4.57 Å². The highest BCUT2D eigenvalue weighted by molar-refractivity contribution is 7.51. The van der Waals surface area contributed by atoms with Crippen molar-refractivity contribution in [2.75, 3.05) is 6.16 Å². The SMILES string of the molecule is O=P(O)(O)CCC1OC(O)C(O)C(O)C1O. The summed E-state index contributed by atoms with van der Waals surface area (Å²) in [6, 6.07) is 0. The van der Waals surface area contributed by atoms with Crippen molar-refractivity contribution in [2.45, 2.75) is 37.1 Å². The molecule has 0 amide bonds. The maximum atomic E-state index is 10.6. The van der Waals surface area contributed by atoms with Crippen molar-refractivity contribution >= 4 is 7.60 Å². The lowest BCUT2D eigenvalue weighted by Gasteiger charge is -2.38. The third-order valence-electron chi connectivity index (χ3n) is 2.39. The molecule has 0 aromatic rings. The Kier molecular flexibility index (Phi) is 4.44. The largest absolute Gasteiger partial charge is 0.388 e. The number of rotatable bonds is 3. The molecule has 1 fully saturated rings. The number of aliphatic hydroxyl groups excluding tert-OH is 4. The summed E-state index contributed by atoms with van der Waals surface area (Å²) in [5.74, 6) is 0. The highest BCUT2D eigenvalue weighted by Crippen LogP contribution is 2.36. The van der Waals surface area contributed by atoms with Crippen LogP contribution >= 0.6 is 7.60 Å². The topological polar surface area (TPSA) is 148 Å². The molecule has 0 spiro atoms. The average molecular weight is 258 g/mol. The van der Waals surface area contributed by atoms with Gasteiger partial charge in [-0.2, -0.15) is 0 Å². The highest BCUT2D eigenvalue weighted by atomic mass is 31.2. The van der Waals surface area contributed by atoms with Crippen molar-refractivity contribution < 1.29 is 39.5 Å². The standard InChI is InChI=1S/C7H15O8P/c8-4-3(1-2-16(12,13)14)15-7(11)6(10)5(4)9/h3-11H,1-2H2,(H2,12,13,14). The summed E-state index contributed by atoms with van der Waals surface area (Å²) in [6.45, 7) is 0. The number of aliphatic hydroxyl groups is 4. The van der Waals surface area contributed by atoms with Gasteiger partial charge in [-0.15, -0.1) is 0 Å². The van der Waals surface area contributed by atoms with Crippen molar-refractivity contribution in [2.24, 2.45) is 0 Å². The molecule has 0 radical (unpaired) electrons. The molecule has 0 aliphatic carbocycles. The molecule has 1 heterocycles. The van der Waals surface area contributed by atoms with Gasteiger partial charge in [-0.1, -0.05) is 0 Å². The van der Waals surface area contributed by atoms with E-state index in [2.05, 4.69) is 0 Å². The Morgan fingerprint density at radius 2 is 1.56 bits per heavy atom. The molecular formula is C7H15O8P. The summed E-state index contributed by atoms with van der Waals surface area (Å²) in [4.78, 5) is 17.2. The van der Waals surface area contributed by atoms with Crippen LogP contribution < -0.4 is 0 Å². The average Bonchev–Trinajstić information content (AvgIpc) is 2.17. The Hall–Kier alpha value is -0.0500. The number of ether oxygens (including phenoxy) is 1. The molecular weight excluding hydrogens is 243 g/mol. The fourth-order valence-corrected chi connectivity index (χ4v) is 2.06. The van der Waals surface area contributed by atoms with Crippen LogP contribution in [0.2, 0.25) is 0 Å². The zero-order valence-corrected chi connectivity index (χ0v) is 9.14. The first-order valence-electron chi connectivity index (χ1n) is 4.64. The van der Waals surface area contributed by atoms with Gasteiger partial charge in [0.2, 0.25) is 0 Å². The zero-order valence-electron chi connectivity index (χ0n) is 8.25. The Morgan fingerprint density at radius 1 is 1.00 bits per heavy atom. The summed E-state index contributed by atoms with van der Waals surface area (Å²) in [7, 11) is -4.23. The lowest BCUT2D eigenvalue weighted by molar-refractivity contribution is -0.281. The molecule has 1 aliphatic rings. The van der Waals surface area contributed by atoms with Crippen molar-refractivity contribution in [1.82, 2.24) is 0 Å². The second-order valence-electron chi connectivity index (χ2n) is 3.71. The molecule has 1 aliphatic heterocycles. The van der Waals surface area contributed by atoms with E-state index in [0.29, 0.717) is 0 Å². The second kappa shape index (κ2) is 5.07. The van der Waals surface area contributed by atoms with Crippen LogP contribution in [0.25, 0.3) is 0 Å². The molecule has 9 heteroatoms. The number of hydrogen-bond acceptors (Lipinski definition) is 6. The molecule has 5 unspecified atom stereocenters. The van der Waals surface area contributed by atoms with Gasteiger partial charge in [0.25, 0.3) is 0 Å². The molecule has 96 valence electrons. The fraction of sp³-hybridized carbons (Fsp3) is 1.00. The van der Waals surface area contributed by atoms with Crippen LogP contribution in [0.15, 0.2) is 0 Å². The number of hydrogen-bond donors (Lipinski definition) is 6. The normalized spacial score (nSPS) is 41.0. The van der Waals surface area contributed by atoms with E-state index in [9.17, 15) is 14.8 Å². The maximum Gasteiger partial charge on any atom is 0.325 e. The molecule has 0 bridgehead atoms. The van der Waals surface area contributed by atoms with E-state index in [-0.39, 0.29) is 6.42 Å². The van der Waals surface area contributed by atoms with Crippen molar-refractivity contribution in [3.63, 3.8) is 0 Å². The summed E-state index contributed by atoms with van der Waals surface area (Å²) in [6.07, 6.45) is -8.31. The predicted molar refractivity (Wildman–Crippen MR) is 50.4 cm³/mol. The van der Waals surface area contributed by atoms with Crippen molar-refractivity contribution in [3.05, 3.63) is 0 Å². The maximum absolute atomic E-state index is 10.6. The van der Waals surface area contributed by atoms with E-state index in [0.717, 1.165) is 0 Å². The quantitative estimate of drug-likeness (QED) is 0.301. The molecule has 0 saturated carbocycles. The lowest BCUT2D eigenvalue weighted by atomic mass is 9.97. The van der Waals surface area contributed by atoms with E-state index >= 15 is 0 Å². The molecule has 8 nitrogen and oxygen atoms in total. The van der Waals surface area contributed by atoms with Gasteiger partial charge in [-0.25, -0.2) is 0 Å². The molecule has 1 rings (SSSR count). The third kappa shape index (κ3) is 3.47. The van der Waals surface area contributed by atoms with Gasteiger partial charge in [0.05, 0.1) is 12.3 Å². The van der Waals surface area contributed by atoms with Crippen LogP contribution in [-0.2, 0) is 9.30 Å². The first kappa shape index (κ1) is 14.0. The summed E-state index contributed by atoms with van der Waals surface area (Å²) in [5.41, 5.74) is 0. The van der Waals surface area contributed by atoms with E-state index in [1.54, 1.807) is 0 Å². The Labute approximate surface area is 91.3 Å². The van der Waals surface area contributed by atoms with Gasteiger partial charge in [0, 0.05) is 0 Å². The Morgan fingerprint density at radius 3 is 2.06 bits per heavy atom. The predicted octanol–water partition coefficient (Wildman–Crippen LogP) is -2.65. The van der Waals surface area contributed by atoms with Gasteiger partial charge < -0.3 is 34.9 Å². The first-order chi connectivity index (χ1) is 7.22. The van der Waals surface area contributed by atoms with Crippen LogP contribution in [0.3, 0.4) is 0 Å². The first-order valence-corrected chi connectivity index (χ1v) is 6.44. The van der Waals surface area contributed by atoms with E-state index < -0.39 is 44.5 Å². The smallest absolute Gasteiger partial charge is 0.325 e. The third-order valence-corrected chi connectivity index (χ3v) is 3.23. The van der Waals surface area contributed by atoms with E-state index in [4.69, 9.17) is 24.7 Å². The summed E-state index contributed by atoms with van der Waals surface area (Å²) >= 11 is 0. The van der Waals surface area contributed by atoms with Gasteiger partial charge >= 0.3 is 7.60 Å². The van der Waals surface area contributed by atoms with E-state index in [1.165, 1.54) is 0 Å². The molecule has 0 aromatic carbocycles. The van der Waals surface area contributed by atoms with Crippen LogP contribution in [0.5, 0.6) is 0 Å². The van der Waals surface area contributed by atoms with Crippen LogP contribution in [0.1, 0.15) is 6.42 Å². The van der Waals surface area contributed by atoms with Gasteiger partial charge in [-0.05, 0) is 6.42 Å². The Bertz CT molecular complexity index is 278. The highest BCUT2D eigenvalue weighted by Gasteiger charge is 2.43. The van der Waals surface area contributed by atoms with Crippen LogP contribution in [0, 0.1) is 0 Å². The van der Waals surface area contributed by atoms with Gasteiger partial charge in [0.1, 0.15) is 18.3 Å². The molecule has 6 N–H and O–H groups in total. The minimum Gasteiger partial charge on any atom is -0.388 e. The zero-order chi connectivity index (χ0) is 12.5. The molecule has 16 heavy (non-hydrogen) atoms. The minimum atomic E-state index is -4.23. The van der Waals surface area contributed by atoms with Crippen LogP contribution in [-0.4, -0.2) is 67.1 Å². The monoisotopic (exact) mass is 258 g/mol. The summed E-state index contributed by atoms with van der Waals surface area (Å²) < 4.78 is 15.3. The Balaban J connectivity index is 2.57. The molecule has 0 aromatic heterocycles. The fourth-order valence-electron chi connectivity index (χ4n) is 1.46. The second-order valence-corrected chi connectivity index (χ2v) is 5.49.